The van der Waals surface area contributed by atoms with Crippen LogP contribution in [0.3, 0.4) is 0 Å². The van der Waals surface area contributed by atoms with Crippen molar-refractivity contribution in [2.45, 2.75) is 33.1 Å². The fourth-order valence-electron chi connectivity index (χ4n) is 5.41. The number of phenolic OH excluding ortho intramolecular Hbond substituents is 3. The van der Waals surface area contributed by atoms with Gasteiger partial charge in [0.2, 0.25) is 0 Å². The number of nitrogens with one attached hydrogen (secondary N) is 1. The molecule has 1 aliphatic heterocycles. The second kappa shape index (κ2) is 9.03. The molecule has 4 aromatic rings. The van der Waals surface area contributed by atoms with Crippen LogP contribution < -0.4 is 10.1 Å². The zero-order valence-electron chi connectivity index (χ0n) is 22.4. The number of rotatable bonds is 4. The Labute approximate surface area is 238 Å². The van der Waals surface area contributed by atoms with Crippen LogP contribution >= 0.6 is 11.3 Å². The monoisotopic (exact) mass is 568 g/mol. The smallest absolute Gasteiger partial charge is 0.194 e. The quantitative estimate of drug-likeness (QED) is 0.106. The number of Topliss-reactive ketones (excluding diaryl/α,β-unsaturated/α-hetero) is 2. The highest BCUT2D eigenvalue weighted by molar-refractivity contribution is 7.21. The number of carbonyl (C=O) groups excluding carboxylic acids is 3. The van der Waals surface area contributed by atoms with Crippen LogP contribution in [0, 0.1) is 6.92 Å². The van der Waals surface area contributed by atoms with Gasteiger partial charge in [0, 0.05) is 23.0 Å². The summed E-state index contributed by atoms with van der Waals surface area (Å²) >= 11 is 1.42. The lowest BCUT2D eigenvalue weighted by molar-refractivity contribution is -0.123. The molecule has 3 aromatic carbocycles. The number of carbonyl (C=O) groups is 3. The minimum atomic E-state index is -1.62. The molecular formula is C31H24N2O7S. The lowest BCUT2D eigenvalue weighted by Gasteiger charge is -2.29. The lowest BCUT2D eigenvalue weighted by Crippen LogP contribution is -2.40. The van der Waals surface area contributed by atoms with E-state index in [-0.39, 0.29) is 51.0 Å². The van der Waals surface area contributed by atoms with Crippen molar-refractivity contribution >= 4 is 44.6 Å². The van der Waals surface area contributed by atoms with Gasteiger partial charge in [0.15, 0.2) is 17.3 Å². The topological polar surface area (TPSA) is 146 Å². The van der Waals surface area contributed by atoms with Gasteiger partial charge in [-0.05, 0) is 58.0 Å². The first kappa shape index (κ1) is 26.3. The number of aromatic hydroxyl groups is 3. The maximum Gasteiger partial charge on any atom is 0.194 e. The maximum atomic E-state index is 14.1. The third-order valence-corrected chi connectivity index (χ3v) is 8.68. The summed E-state index contributed by atoms with van der Waals surface area (Å²) in [5.74, 6) is -2.75. The van der Waals surface area contributed by atoms with Gasteiger partial charge in [-0.2, -0.15) is 0 Å². The van der Waals surface area contributed by atoms with Gasteiger partial charge in [0.1, 0.15) is 44.7 Å². The predicted molar refractivity (Wildman–Crippen MR) is 154 cm³/mol. The van der Waals surface area contributed by atoms with Crippen molar-refractivity contribution in [2.24, 2.45) is 0 Å². The van der Waals surface area contributed by atoms with E-state index in [9.17, 15) is 29.7 Å². The largest absolute Gasteiger partial charge is 0.507 e. The van der Waals surface area contributed by atoms with Crippen molar-refractivity contribution in [1.82, 2.24) is 4.98 Å². The van der Waals surface area contributed by atoms with Crippen LogP contribution in [0.15, 0.2) is 65.6 Å². The Bertz CT molecular complexity index is 1900. The Kier molecular flexibility index (Phi) is 5.79. The number of aromatic nitrogens is 1. The summed E-state index contributed by atoms with van der Waals surface area (Å²) in [4.78, 5) is 44.3. The van der Waals surface area contributed by atoms with E-state index >= 15 is 0 Å². The summed E-state index contributed by atoms with van der Waals surface area (Å²) in [5, 5.41) is 35.8. The van der Waals surface area contributed by atoms with Crippen molar-refractivity contribution in [2.75, 3.05) is 5.32 Å². The molecule has 206 valence electrons. The van der Waals surface area contributed by atoms with E-state index in [0.717, 1.165) is 10.2 Å². The first-order valence-corrected chi connectivity index (χ1v) is 13.5. The van der Waals surface area contributed by atoms with Gasteiger partial charge in [-0.25, -0.2) is 4.98 Å². The molecule has 0 bridgehead atoms. The number of hydrogen-bond acceptors (Lipinski definition) is 10. The molecule has 1 atom stereocenters. The van der Waals surface area contributed by atoms with Crippen LogP contribution in [0.4, 0.5) is 5.69 Å². The number of fused-ring (bicyclic) bond motifs is 4. The van der Waals surface area contributed by atoms with Crippen LogP contribution in [-0.4, -0.2) is 37.7 Å². The highest BCUT2D eigenvalue weighted by Crippen LogP contribution is 2.57. The van der Waals surface area contributed by atoms with Crippen molar-refractivity contribution in [3.05, 3.63) is 82.3 Å². The molecule has 9 nitrogen and oxygen atoms in total. The number of nitrogens with zero attached hydrogens (tertiary/aromatic N) is 1. The molecule has 1 unspecified atom stereocenters. The molecular weight excluding hydrogens is 544 g/mol. The fourth-order valence-corrected chi connectivity index (χ4v) is 6.40. The van der Waals surface area contributed by atoms with E-state index in [2.05, 4.69) is 10.3 Å². The van der Waals surface area contributed by atoms with Crippen molar-refractivity contribution in [1.29, 1.82) is 0 Å². The molecule has 0 amide bonds. The van der Waals surface area contributed by atoms with Gasteiger partial charge in [0.25, 0.3) is 0 Å². The number of allylic oxidation sites excluding steroid dienone is 4. The average Bonchev–Trinajstić information content (AvgIpc) is 3.48. The van der Waals surface area contributed by atoms with Crippen molar-refractivity contribution in [3.63, 3.8) is 0 Å². The molecule has 4 N–H and O–H groups in total. The Morgan fingerprint density at radius 2 is 1.78 bits per heavy atom. The van der Waals surface area contributed by atoms with Crippen LogP contribution in [0.2, 0.25) is 0 Å². The molecule has 1 aliphatic carbocycles. The van der Waals surface area contributed by atoms with E-state index in [0.29, 0.717) is 16.3 Å². The molecule has 0 saturated heterocycles. The van der Waals surface area contributed by atoms with Crippen LogP contribution in [-0.2, 0) is 15.0 Å². The summed E-state index contributed by atoms with van der Waals surface area (Å²) in [7, 11) is 0. The molecule has 0 fully saturated rings. The highest BCUT2D eigenvalue weighted by atomic mass is 32.1. The Hall–Kier alpha value is -4.96. The molecule has 0 spiro atoms. The zero-order valence-corrected chi connectivity index (χ0v) is 23.3. The SMILES string of the molecule is CC(=O)c1c(O)c(C)c(O)c2c1OC1=CC(=O)C(=C(C)Nc3ccc(O)c(-c4nc5ccccc5s4)c3)C(=O)C12C. The summed E-state index contributed by atoms with van der Waals surface area (Å²) in [6, 6.07) is 12.4. The highest BCUT2D eigenvalue weighted by Gasteiger charge is 2.56. The van der Waals surface area contributed by atoms with Gasteiger partial charge in [-0.1, -0.05) is 12.1 Å². The third kappa shape index (κ3) is 3.75. The van der Waals surface area contributed by atoms with Gasteiger partial charge in [-0.3, -0.25) is 14.4 Å². The molecule has 2 aliphatic rings. The number of ether oxygens (including phenoxy) is 1. The second-order valence-electron chi connectivity index (χ2n) is 10.2. The lowest BCUT2D eigenvalue weighted by atomic mass is 9.70. The van der Waals surface area contributed by atoms with Gasteiger partial charge in [0.05, 0.1) is 26.9 Å². The molecule has 2 heterocycles. The zero-order chi connectivity index (χ0) is 29.4. The third-order valence-electron chi connectivity index (χ3n) is 7.61. The number of anilines is 1. The Morgan fingerprint density at radius 1 is 1.05 bits per heavy atom. The molecule has 10 heteroatoms. The molecule has 1 aromatic heterocycles. The Morgan fingerprint density at radius 3 is 2.49 bits per heavy atom. The van der Waals surface area contributed by atoms with Crippen LogP contribution in [0.25, 0.3) is 20.8 Å². The first-order valence-electron chi connectivity index (χ1n) is 12.7. The number of para-hydroxylation sites is 1. The van der Waals surface area contributed by atoms with E-state index in [1.165, 1.54) is 44.3 Å². The van der Waals surface area contributed by atoms with Crippen LogP contribution in [0.5, 0.6) is 23.0 Å². The molecule has 0 saturated carbocycles. The van der Waals surface area contributed by atoms with E-state index in [1.807, 2.05) is 24.3 Å². The van der Waals surface area contributed by atoms with Crippen molar-refractivity contribution < 1.29 is 34.4 Å². The summed E-state index contributed by atoms with van der Waals surface area (Å²) in [6.45, 7) is 5.76. The minimum Gasteiger partial charge on any atom is -0.507 e. The second-order valence-corrected chi connectivity index (χ2v) is 11.3. The van der Waals surface area contributed by atoms with Crippen molar-refractivity contribution in [3.8, 4) is 33.6 Å². The fraction of sp³-hybridized carbons (Fsp3) is 0.161. The number of phenols is 3. The Balaban J connectivity index is 1.43. The van der Waals surface area contributed by atoms with Gasteiger partial charge in [-0.15, -0.1) is 11.3 Å². The number of hydrogen-bond donors (Lipinski definition) is 4. The predicted octanol–water partition coefficient (Wildman–Crippen LogP) is 5.66. The van der Waals surface area contributed by atoms with E-state index < -0.39 is 28.5 Å². The molecule has 6 rings (SSSR count). The normalized spacial score (nSPS) is 19.0. The van der Waals surface area contributed by atoms with Gasteiger partial charge < -0.3 is 25.4 Å². The standard InChI is InChI=1S/C31H24N2O7S/c1-13-26(37)24(15(3)34)28-25(27(13)38)31(4)22(40-28)12-20(36)23(29(31)39)14(2)32-16-9-10-19(35)17(11-16)30-33-18-7-5-6-8-21(18)41-30/h5-12,32,35,37-38H,1-4H3. The van der Waals surface area contributed by atoms with E-state index in [4.69, 9.17) is 4.74 Å². The van der Waals surface area contributed by atoms with E-state index in [1.54, 1.807) is 19.1 Å². The minimum absolute atomic E-state index is 0.0230. The summed E-state index contributed by atoms with van der Waals surface area (Å²) in [5.41, 5.74) is 0.147. The summed E-state index contributed by atoms with van der Waals surface area (Å²) < 4.78 is 6.78. The molecule has 41 heavy (non-hydrogen) atoms. The number of benzene rings is 3. The summed E-state index contributed by atoms with van der Waals surface area (Å²) in [6.07, 6.45) is 1.17. The van der Waals surface area contributed by atoms with Gasteiger partial charge >= 0.3 is 0 Å². The maximum absolute atomic E-state index is 14.1. The number of ketones is 3. The van der Waals surface area contributed by atoms with Crippen LogP contribution in [0.1, 0.15) is 42.3 Å². The average molecular weight is 569 g/mol. The number of thiazole rings is 1. The first-order chi connectivity index (χ1) is 19.4. The molecule has 0 radical (unpaired) electrons.